The van der Waals surface area contributed by atoms with Gasteiger partial charge in [0.15, 0.2) is 0 Å². The second kappa shape index (κ2) is 8.88. The maximum Gasteiger partial charge on any atom is 0.271 e. The molecule has 0 bridgehead atoms. The first kappa shape index (κ1) is 20.0. The fourth-order valence-electron chi connectivity index (χ4n) is 2.53. The average molecular weight is 373 g/mol. The zero-order chi connectivity index (χ0) is 20.0. The molecule has 0 saturated carbocycles. The van der Waals surface area contributed by atoms with Crippen LogP contribution in [0.1, 0.15) is 37.0 Å². The van der Waals surface area contributed by atoms with Crippen LogP contribution in [0.4, 0.5) is 21.5 Å². The molecule has 0 aromatic heterocycles. The number of benzene rings is 2. The number of nitro benzene ring substituents is 1. The molecule has 0 saturated heterocycles. The van der Waals surface area contributed by atoms with Crippen LogP contribution in [0.5, 0.6) is 0 Å². The number of non-ortho nitro benzene ring substituents is 1. The van der Waals surface area contributed by atoms with E-state index in [1.165, 1.54) is 12.1 Å². The normalized spacial score (nSPS) is 10.5. The van der Waals surface area contributed by atoms with Crippen LogP contribution in [0.2, 0.25) is 0 Å². The summed E-state index contributed by atoms with van der Waals surface area (Å²) in [7, 11) is 0. The van der Waals surface area contributed by atoms with Crippen molar-refractivity contribution in [1.82, 2.24) is 0 Å². The Kier molecular flexibility index (Phi) is 6.59. The van der Waals surface area contributed by atoms with Gasteiger partial charge in [-0.15, -0.1) is 0 Å². The highest BCUT2D eigenvalue weighted by Gasteiger charge is 2.16. The Labute approximate surface area is 155 Å². The zero-order valence-corrected chi connectivity index (χ0v) is 15.0. The number of nitro groups is 1. The molecule has 2 rings (SSSR count). The summed E-state index contributed by atoms with van der Waals surface area (Å²) in [6, 6.07) is 8.99. The lowest BCUT2D eigenvalue weighted by Crippen LogP contribution is -2.21. The summed E-state index contributed by atoms with van der Waals surface area (Å²) in [5, 5.41) is 15.9. The number of anilines is 2. The number of hydrogen-bond acceptors (Lipinski definition) is 4. The van der Waals surface area contributed by atoms with Crippen LogP contribution in [0.25, 0.3) is 0 Å². The fourth-order valence-corrected chi connectivity index (χ4v) is 2.53. The van der Waals surface area contributed by atoms with Gasteiger partial charge in [-0.25, -0.2) is 4.39 Å². The van der Waals surface area contributed by atoms with Gasteiger partial charge in [-0.3, -0.25) is 19.7 Å². The number of carbonyl (C=O) groups excluding carboxylic acids is 2. The van der Waals surface area contributed by atoms with E-state index in [1.54, 1.807) is 12.1 Å². The minimum atomic E-state index is -0.775. The third kappa shape index (κ3) is 5.10. The van der Waals surface area contributed by atoms with E-state index in [9.17, 15) is 24.1 Å². The lowest BCUT2D eigenvalue weighted by molar-refractivity contribution is -0.384. The van der Waals surface area contributed by atoms with Gasteiger partial charge in [0, 0.05) is 29.3 Å². The molecule has 27 heavy (non-hydrogen) atoms. The minimum absolute atomic E-state index is 0.0789. The Morgan fingerprint density at radius 3 is 2.26 bits per heavy atom. The van der Waals surface area contributed by atoms with Gasteiger partial charge in [0.2, 0.25) is 5.91 Å². The van der Waals surface area contributed by atoms with Crippen LogP contribution in [0.3, 0.4) is 0 Å². The summed E-state index contributed by atoms with van der Waals surface area (Å²) in [5.41, 5.74) is 0.165. The third-order valence-corrected chi connectivity index (χ3v) is 4.18. The van der Waals surface area contributed by atoms with Gasteiger partial charge < -0.3 is 10.6 Å². The van der Waals surface area contributed by atoms with Crippen molar-refractivity contribution in [2.45, 2.75) is 26.7 Å². The van der Waals surface area contributed by atoms with Crippen LogP contribution < -0.4 is 10.6 Å². The summed E-state index contributed by atoms with van der Waals surface area (Å²) < 4.78 is 13.8. The van der Waals surface area contributed by atoms with Gasteiger partial charge in [-0.1, -0.05) is 13.8 Å². The summed E-state index contributed by atoms with van der Waals surface area (Å²) in [5.74, 6) is -1.56. The Bertz CT molecular complexity index is 849. The number of nitrogens with zero attached hydrogens (tertiary/aromatic N) is 1. The molecule has 8 heteroatoms. The van der Waals surface area contributed by atoms with E-state index >= 15 is 0 Å². The Hall–Kier alpha value is -3.29. The van der Waals surface area contributed by atoms with Gasteiger partial charge >= 0.3 is 0 Å². The number of rotatable bonds is 7. The molecule has 2 aromatic carbocycles. The molecule has 142 valence electrons. The van der Waals surface area contributed by atoms with Gasteiger partial charge in [-0.2, -0.15) is 0 Å². The number of nitrogens with one attached hydrogen (secondary N) is 2. The topological polar surface area (TPSA) is 101 Å². The summed E-state index contributed by atoms with van der Waals surface area (Å²) in [6.07, 6.45) is 1.47. The fraction of sp³-hybridized carbons (Fsp3) is 0.263. The molecule has 0 radical (unpaired) electrons. The van der Waals surface area contributed by atoms with E-state index in [2.05, 4.69) is 10.6 Å². The van der Waals surface area contributed by atoms with Crippen molar-refractivity contribution >= 4 is 28.9 Å². The highest BCUT2D eigenvalue weighted by atomic mass is 19.1. The van der Waals surface area contributed by atoms with Crippen molar-refractivity contribution in [2.75, 3.05) is 10.6 Å². The van der Waals surface area contributed by atoms with Crippen LogP contribution in [0.15, 0.2) is 42.5 Å². The maximum atomic E-state index is 13.8. The largest absolute Gasteiger partial charge is 0.326 e. The Morgan fingerprint density at radius 2 is 1.70 bits per heavy atom. The molecule has 0 spiro atoms. The van der Waals surface area contributed by atoms with Crippen LogP contribution in [-0.4, -0.2) is 16.7 Å². The first-order valence-electron chi connectivity index (χ1n) is 8.51. The molecule has 7 nitrogen and oxygen atoms in total. The maximum absolute atomic E-state index is 13.8. The van der Waals surface area contributed by atoms with E-state index in [4.69, 9.17) is 0 Å². The highest BCUT2D eigenvalue weighted by Crippen LogP contribution is 2.22. The molecule has 0 aliphatic rings. The molecule has 2 N–H and O–H groups in total. The highest BCUT2D eigenvalue weighted by molar-refractivity contribution is 6.05. The summed E-state index contributed by atoms with van der Waals surface area (Å²) in [6.45, 7) is 3.88. The molecule has 0 fully saturated rings. The predicted octanol–water partition coefficient (Wildman–Crippen LogP) is 4.36. The first-order chi connectivity index (χ1) is 12.8. The number of halogens is 1. The van der Waals surface area contributed by atoms with E-state index in [0.717, 1.165) is 31.0 Å². The predicted molar refractivity (Wildman–Crippen MR) is 100 cm³/mol. The quantitative estimate of drug-likeness (QED) is 0.556. The van der Waals surface area contributed by atoms with Crippen molar-refractivity contribution in [2.24, 2.45) is 5.92 Å². The van der Waals surface area contributed by atoms with Gasteiger partial charge in [0.05, 0.1) is 10.6 Å². The number of hydrogen-bond donors (Lipinski definition) is 2. The molecule has 2 aromatic rings. The van der Waals surface area contributed by atoms with E-state index in [0.29, 0.717) is 5.69 Å². The zero-order valence-electron chi connectivity index (χ0n) is 15.0. The van der Waals surface area contributed by atoms with Crippen molar-refractivity contribution in [3.05, 3.63) is 64.0 Å². The molecular formula is C19H20FN3O4. The second-order valence-corrected chi connectivity index (χ2v) is 5.96. The summed E-state index contributed by atoms with van der Waals surface area (Å²) >= 11 is 0. The van der Waals surface area contributed by atoms with Crippen LogP contribution in [-0.2, 0) is 4.79 Å². The molecule has 0 unspecified atom stereocenters. The van der Waals surface area contributed by atoms with E-state index in [1.807, 2.05) is 13.8 Å². The van der Waals surface area contributed by atoms with Gasteiger partial charge in [0.25, 0.3) is 11.6 Å². The average Bonchev–Trinajstić information content (AvgIpc) is 2.64. The Balaban J connectivity index is 2.09. The SMILES string of the molecule is CCC(CC)C(=O)Nc1ccc(C(=O)Nc2cc([N+](=O)[O-])ccc2F)cc1. The molecular weight excluding hydrogens is 353 g/mol. The third-order valence-electron chi connectivity index (χ3n) is 4.18. The van der Waals surface area contributed by atoms with Gasteiger partial charge in [-0.05, 0) is 43.2 Å². The number of amides is 2. The molecule has 0 aliphatic carbocycles. The van der Waals surface area contributed by atoms with E-state index in [-0.39, 0.29) is 28.8 Å². The van der Waals surface area contributed by atoms with Crippen molar-refractivity contribution in [3.8, 4) is 0 Å². The summed E-state index contributed by atoms with van der Waals surface area (Å²) in [4.78, 5) is 34.4. The van der Waals surface area contributed by atoms with E-state index < -0.39 is 16.6 Å². The lowest BCUT2D eigenvalue weighted by atomic mass is 10.0. The molecule has 0 atom stereocenters. The molecule has 2 amide bonds. The molecule has 0 aliphatic heterocycles. The lowest BCUT2D eigenvalue weighted by Gasteiger charge is -2.13. The molecule has 0 heterocycles. The Morgan fingerprint density at radius 1 is 1.07 bits per heavy atom. The second-order valence-electron chi connectivity index (χ2n) is 5.96. The standard InChI is InChI=1S/C19H20FN3O4/c1-3-12(4-2)18(24)21-14-7-5-13(6-8-14)19(25)22-17-11-15(23(26)27)9-10-16(17)20/h5-12H,3-4H2,1-2H3,(H,21,24)(H,22,25). The minimum Gasteiger partial charge on any atom is -0.326 e. The monoisotopic (exact) mass is 373 g/mol. The van der Waals surface area contributed by atoms with Crippen molar-refractivity contribution < 1.29 is 18.9 Å². The van der Waals surface area contributed by atoms with Crippen LogP contribution in [0, 0.1) is 21.8 Å². The first-order valence-corrected chi connectivity index (χ1v) is 8.51. The van der Waals surface area contributed by atoms with Crippen molar-refractivity contribution in [1.29, 1.82) is 0 Å². The number of carbonyl (C=O) groups is 2. The van der Waals surface area contributed by atoms with Crippen LogP contribution >= 0.6 is 0 Å². The van der Waals surface area contributed by atoms with Gasteiger partial charge in [0.1, 0.15) is 5.82 Å². The smallest absolute Gasteiger partial charge is 0.271 e. The van der Waals surface area contributed by atoms with Crippen molar-refractivity contribution in [3.63, 3.8) is 0 Å².